The van der Waals surface area contributed by atoms with Crippen molar-refractivity contribution in [2.24, 2.45) is 7.05 Å². The standard InChI is InChI=1S/C15H17N5/c1-10(2)19-15-16-7-12(8-17-15)11-4-5-14-13(6-11)18-9-20(14)3/h4-10H,1-3H3,(H,16,17,19). The van der Waals surface area contributed by atoms with Gasteiger partial charge in [-0.15, -0.1) is 0 Å². The van der Waals surface area contributed by atoms with E-state index in [2.05, 4.69) is 52.3 Å². The lowest BCUT2D eigenvalue weighted by Crippen LogP contribution is -2.12. The van der Waals surface area contributed by atoms with Gasteiger partial charge in [-0.2, -0.15) is 0 Å². The number of rotatable bonds is 3. The van der Waals surface area contributed by atoms with E-state index in [0.29, 0.717) is 12.0 Å². The van der Waals surface area contributed by atoms with Crippen LogP contribution >= 0.6 is 0 Å². The number of nitrogens with one attached hydrogen (secondary N) is 1. The molecule has 2 heterocycles. The van der Waals surface area contributed by atoms with Crippen LogP contribution in [0.5, 0.6) is 0 Å². The van der Waals surface area contributed by atoms with E-state index in [4.69, 9.17) is 0 Å². The van der Waals surface area contributed by atoms with Gasteiger partial charge in [0.25, 0.3) is 0 Å². The molecule has 5 heteroatoms. The number of hydrogen-bond acceptors (Lipinski definition) is 4. The Morgan fingerprint density at radius 1 is 1.05 bits per heavy atom. The minimum atomic E-state index is 0.325. The van der Waals surface area contributed by atoms with E-state index in [0.717, 1.165) is 22.2 Å². The zero-order chi connectivity index (χ0) is 14.1. The second-order valence-electron chi connectivity index (χ2n) is 5.15. The molecule has 0 aliphatic carbocycles. The van der Waals surface area contributed by atoms with Crippen LogP contribution in [0.25, 0.3) is 22.2 Å². The molecular weight excluding hydrogens is 250 g/mol. The zero-order valence-electron chi connectivity index (χ0n) is 11.8. The molecule has 0 saturated heterocycles. The number of imidazole rings is 1. The summed E-state index contributed by atoms with van der Waals surface area (Å²) in [5.74, 6) is 0.655. The van der Waals surface area contributed by atoms with E-state index in [-0.39, 0.29) is 0 Å². The van der Waals surface area contributed by atoms with Gasteiger partial charge in [-0.25, -0.2) is 15.0 Å². The number of anilines is 1. The summed E-state index contributed by atoms with van der Waals surface area (Å²) in [6.07, 6.45) is 5.49. The van der Waals surface area contributed by atoms with E-state index in [1.165, 1.54) is 0 Å². The molecule has 0 spiro atoms. The first kappa shape index (κ1) is 12.6. The molecule has 0 fully saturated rings. The van der Waals surface area contributed by atoms with Crippen LogP contribution < -0.4 is 5.32 Å². The van der Waals surface area contributed by atoms with Crippen LogP contribution in [0, 0.1) is 0 Å². The predicted molar refractivity (Wildman–Crippen MR) is 80.5 cm³/mol. The molecule has 1 aromatic carbocycles. The molecule has 0 aliphatic rings. The van der Waals surface area contributed by atoms with Crippen molar-refractivity contribution in [3.63, 3.8) is 0 Å². The third-order valence-electron chi connectivity index (χ3n) is 3.13. The summed E-state index contributed by atoms with van der Waals surface area (Å²) in [4.78, 5) is 13.0. The lowest BCUT2D eigenvalue weighted by molar-refractivity contribution is 0.874. The fourth-order valence-corrected chi connectivity index (χ4v) is 2.13. The van der Waals surface area contributed by atoms with Crippen LogP contribution in [-0.4, -0.2) is 25.6 Å². The molecule has 0 unspecified atom stereocenters. The van der Waals surface area contributed by atoms with Crippen LogP contribution in [0.1, 0.15) is 13.8 Å². The van der Waals surface area contributed by atoms with Crippen molar-refractivity contribution in [2.45, 2.75) is 19.9 Å². The van der Waals surface area contributed by atoms with Crippen LogP contribution in [0.4, 0.5) is 5.95 Å². The molecule has 0 bridgehead atoms. The molecule has 0 aliphatic heterocycles. The van der Waals surface area contributed by atoms with Crippen molar-refractivity contribution >= 4 is 17.0 Å². The number of hydrogen-bond donors (Lipinski definition) is 1. The summed E-state index contributed by atoms with van der Waals surface area (Å²) in [5, 5.41) is 3.18. The van der Waals surface area contributed by atoms with Crippen LogP contribution in [0.15, 0.2) is 36.9 Å². The normalized spacial score (nSPS) is 11.2. The first-order chi connectivity index (χ1) is 9.63. The van der Waals surface area contributed by atoms with Gasteiger partial charge in [0, 0.05) is 31.0 Å². The van der Waals surface area contributed by atoms with Crippen molar-refractivity contribution in [3.8, 4) is 11.1 Å². The highest BCUT2D eigenvalue weighted by molar-refractivity contribution is 5.81. The maximum atomic E-state index is 4.37. The van der Waals surface area contributed by atoms with Crippen molar-refractivity contribution in [1.29, 1.82) is 0 Å². The molecule has 1 N–H and O–H groups in total. The molecule has 20 heavy (non-hydrogen) atoms. The lowest BCUT2D eigenvalue weighted by atomic mass is 10.1. The predicted octanol–water partition coefficient (Wildman–Crippen LogP) is 2.85. The highest BCUT2D eigenvalue weighted by Crippen LogP contribution is 2.22. The van der Waals surface area contributed by atoms with Crippen LogP contribution in [-0.2, 0) is 7.05 Å². The molecule has 0 radical (unpaired) electrons. The van der Waals surface area contributed by atoms with Crippen molar-refractivity contribution in [3.05, 3.63) is 36.9 Å². The van der Waals surface area contributed by atoms with Gasteiger partial charge in [-0.1, -0.05) is 6.07 Å². The highest BCUT2D eigenvalue weighted by Gasteiger charge is 2.05. The molecule has 0 atom stereocenters. The summed E-state index contributed by atoms with van der Waals surface area (Å²) < 4.78 is 2.01. The number of aryl methyl sites for hydroxylation is 1. The Labute approximate surface area is 117 Å². The summed E-state index contributed by atoms with van der Waals surface area (Å²) in [6.45, 7) is 4.12. The van der Waals surface area contributed by atoms with Gasteiger partial charge in [-0.05, 0) is 31.5 Å². The quantitative estimate of drug-likeness (QED) is 0.792. The first-order valence-electron chi connectivity index (χ1n) is 6.63. The van der Waals surface area contributed by atoms with Gasteiger partial charge in [0.05, 0.1) is 17.4 Å². The fraction of sp³-hybridized carbons (Fsp3) is 0.267. The Balaban J connectivity index is 1.94. The van der Waals surface area contributed by atoms with E-state index in [9.17, 15) is 0 Å². The third-order valence-corrected chi connectivity index (χ3v) is 3.13. The molecule has 102 valence electrons. The van der Waals surface area contributed by atoms with Gasteiger partial charge in [0.2, 0.25) is 5.95 Å². The van der Waals surface area contributed by atoms with Crippen LogP contribution in [0.3, 0.4) is 0 Å². The van der Waals surface area contributed by atoms with Crippen molar-refractivity contribution in [1.82, 2.24) is 19.5 Å². The van der Waals surface area contributed by atoms with Gasteiger partial charge < -0.3 is 9.88 Å². The Hall–Kier alpha value is -2.43. The largest absolute Gasteiger partial charge is 0.352 e. The van der Waals surface area contributed by atoms with Crippen molar-refractivity contribution < 1.29 is 0 Å². The maximum Gasteiger partial charge on any atom is 0.222 e. The third kappa shape index (κ3) is 2.34. The Bertz CT molecular complexity index is 728. The number of benzene rings is 1. The van der Waals surface area contributed by atoms with Gasteiger partial charge in [-0.3, -0.25) is 0 Å². The average molecular weight is 267 g/mol. The minimum absolute atomic E-state index is 0.325. The van der Waals surface area contributed by atoms with E-state index in [1.807, 2.05) is 30.3 Å². The van der Waals surface area contributed by atoms with E-state index in [1.54, 1.807) is 0 Å². The summed E-state index contributed by atoms with van der Waals surface area (Å²) in [6, 6.07) is 6.52. The summed E-state index contributed by atoms with van der Waals surface area (Å²) >= 11 is 0. The zero-order valence-corrected chi connectivity index (χ0v) is 11.8. The van der Waals surface area contributed by atoms with E-state index < -0.39 is 0 Å². The fourth-order valence-electron chi connectivity index (χ4n) is 2.13. The summed E-state index contributed by atoms with van der Waals surface area (Å²) in [5.41, 5.74) is 4.17. The molecule has 3 rings (SSSR count). The van der Waals surface area contributed by atoms with Crippen molar-refractivity contribution in [2.75, 3.05) is 5.32 Å². The molecule has 3 aromatic rings. The second-order valence-corrected chi connectivity index (χ2v) is 5.15. The lowest BCUT2D eigenvalue weighted by Gasteiger charge is -2.08. The van der Waals surface area contributed by atoms with Gasteiger partial charge in [0.15, 0.2) is 0 Å². The molecule has 2 aromatic heterocycles. The Kier molecular flexibility index (Phi) is 3.10. The Morgan fingerprint density at radius 2 is 1.80 bits per heavy atom. The smallest absolute Gasteiger partial charge is 0.222 e. The van der Waals surface area contributed by atoms with Gasteiger partial charge in [0.1, 0.15) is 0 Å². The Morgan fingerprint density at radius 3 is 2.50 bits per heavy atom. The summed E-state index contributed by atoms with van der Waals surface area (Å²) in [7, 11) is 1.99. The minimum Gasteiger partial charge on any atom is -0.352 e. The molecular formula is C15H17N5. The number of fused-ring (bicyclic) bond motifs is 1. The number of aromatic nitrogens is 4. The van der Waals surface area contributed by atoms with Crippen LogP contribution in [0.2, 0.25) is 0 Å². The molecule has 0 saturated carbocycles. The van der Waals surface area contributed by atoms with E-state index >= 15 is 0 Å². The SMILES string of the molecule is CC(C)Nc1ncc(-c2ccc3c(c2)ncn3C)cn1. The molecule has 0 amide bonds. The highest BCUT2D eigenvalue weighted by atomic mass is 15.1. The second kappa shape index (κ2) is 4.92. The average Bonchev–Trinajstić information content (AvgIpc) is 2.80. The maximum absolute atomic E-state index is 4.37. The van der Waals surface area contributed by atoms with Gasteiger partial charge >= 0.3 is 0 Å². The monoisotopic (exact) mass is 267 g/mol. The topological polar surface area (TPSA) is 55.6 Å². The number of nitrogens with zero attached hydrogens (tertiary/aromatic N) is 4. The first-order valence-corrected chi connectivity index (χ1v) is 6.63. The molecule has 5 nitrogen and oxygen atoms in total.